The summed E-state index contributed by atoms with van der Waals surface area (Å²) in [6.45, 7) is 4.76. The quantitative estimate of drug-likeness (QED) is 0.854. The molecule has 94 valence electrons. The molecule has 1 aliphatic rings. The molecule has 2 rings (SSSR count). The fourth-order valence-electron chi connectivity index (χ4n) is 2.26. The molecule has 0 amide bonds. The van der Waals surface area contributed by atoms with E-state index in [2.05, 4.69) is 11.8 Å². The van der Waals surface area contributed by atoms with Gasteiger partial charge >= 0.3 is 0 Å². The van der Waals surface area contributed by atoms with Crippen molar-refractivity contribution in [3.05, 3.63) is 28.7 Å². The van der Waals surface area contributed by atoms with E-state index in [0.29, 0.717) is 6.54 Å². The van der Waals surface area contributed by atoms with Gasteiger partial charge in [0.25, 0.3) is 5.56 Å². The first-order valence-corrected chi connectivity index (χ1v) is 6.27. The first-order chi connectivity index (χ1) is 8.20. The van der Waals surface area contributed by atoms with Crippen LogP contribution in [-0.4, -0.2) is 29.4 Å². The highest BCUT2D eigenvalue weighted by atomic mass is 16.3. The Morgan fingerprint density at radius 1 is 1.35 bits per heavy atom. The molecule has 0 atom stereocenters. The molecule has 1 aromatic heterocycles. The van der Waals surface area contributed by atoms with E-state index in [-0.39, 0.29) is 12.2 Å². The summed E-state index contributed by atoms with van der Waals surface area (Å²) in [7, 11) is 0. The third-order valence-electron chi connectivity index (χ3n) is 3.46. The Hall–Kier alpha value is -1.29. The molecule has 0 saturated carbocycles. The molecule has 17 heavy (non-hydrogen) atoms. The van der Waals surface area contributed by atoms with E-state index in [9.17, 15) is 4.79 Å². The number of anilines is 1. The highest BCUT2D eigenvalue weighted by Gasteiger charge is 2.16. The second kappa shape index (κ2) is 5.36. The van der Waals surface area contributed by atoms with Crippen LogP contribution in [0.15, 0.2) is 23.1 Å². The summed E-state index contributed by atoms with van der Waals surface area (Å²) in [6.07, 6.45) is 4.27. The van der Waals surface area contributed by atoms with Crippen LogP contribution in [0, 0.1) is 5.92 Å². The highest BCUT2D eigenvalue weighted by molar-refractivity contribution is 5.44. The average molecular weight is 236 g/mol. The van der Waals surface area contributed by atoms with Gasteiger partial charge < -0.3 is 14.6 Å². The number of hydrogen-bond acceptors (Lipinski definition) is 3. The first kappa shape index (κ1) is 12.2. The van der Waals surface area contributed by atoms with Crippen LogP contribution < -0.4 is 10.5 Å². The fourth-order valence-corrected chi connectivity index (χ4v) is 2.26. The van der Waals surface area contributed by atoms with Crippen molar-refractivity contribution >= 4 is 5.69 Å². The smallest absolute Gasteiger partial charge is 0.250 e. The van der Waals surface area contributed by atoms with Gasteiger partial charge in [0.15, 0.2) is 0 Å². The van der Waals surface area contributed by atoms with Crippen molar-refractivity contribution in [2.24, 2.45) is 5.92 Å². The number of pyridine rings is 1. The molecule has 2 heterocycles. The van der Waals surface area contributed by atoms with Gasteiger partial charge in [-0.2, -0.15) is 0 Å². The third-order valence-corrected chi connectivity index (χ3v) is 3.46. The van der Waals surface area contributed by atoms with E-state index in [4.69, 9.17) is 5.11 Å². The second-order valence-electron chi connectivity index (χ2n) is 4.81. The predicted octanol–water partition coefficient (Wildman–Crippen LogP) is 1.08. The second-order valence-corrected chi connectivity index (χ2v) is 4.81. The minimum absolute atomic E-state index is 0.000391. The van der Waals surface area contributed by atoms with Crippen molar-refractivity contribution in [1.29, 1.82) is 0 Å². The molecule has 4 heteroatoms. The zero-order chi connectivity index (χ0) is 12.3. The van der Waals surface area contributed by atoms with Crippen molar-refractivity contribution in [2.75, 3.05) is 24.6 Å². The zero-order valence-electron chi connectivity index (χ0n) is 10.3. The lowest BCUT2D eigenvalue weighted by Crippen LogP contribution is -2.34. The molecule has 1 aliphatic heterocycles. The van der Waals surface area contributed by atoms with Crippen molar-refractivity contribution < 1.29 is 5.11 Å². The minimum atomic E-state index is -0.0480. The zero-order valence-corrected chi connectivity index (χ0v) is 10.3. The van der Waals surface area contributed by atoms with Gasteiger partial charge in [0.2, 0.25) is 0 Å². The van der Waals surface area contributed by atoms with Gasteiger partial charge in [0.1, 0.15) is 0 Å². The van der Waals surface area contributed by atoms with Gasteiger partial charge in [-0.1, -0.05) is 6.92 Å². The van der Waals surface area contributed by atoms with Crippen molar-refractivity contribution in [1.82, 2.24) is 4.57 Å². The highest BCUT2D eigenvalue weighted by Crippen LogP contribution is 2.21. The van der Waals surface area contributed by atoms with E-state index in [1.807, 2.05) is 12.3 Å². The van der Waals surface area contributed by atoms with Crippen LogP contribution >= 0.6 is 0 Å². The van der Waals surface area contributed by atoms with E-state index >= 15 is 0 Å². The summed E-state index contributed by atoms with van der Waals surface area (Å²) < 4.78 is 1.58. The maximum Gasteiger partial charge on any atom is 0.250 e. The Morgan fingerprint density at radius 2 is 2.06 bits per heavy atom. The fraction of sp³-hybridized carbons (Fsp3) is 0.615. The SMILES string of the molecule is CC1CCN(c2ccc(=O)n(CCO)c2)CC1. The number of rotatable bonds is 3. The first-order valence-electron chi connectivity index (χ1n) is 6.27. The van der Waals surface area contributed by atoms with E-state index < -0.39 is 0 Å². The monoisotopic (exact) mass is 236 g/mol. The molecule has 1 saturated heterocycles. The van der Waals surface area contributed by atoms with Crippen molar-refractivity contribution in [3.8, 4) is 0 Å². The summed E-state index contributed by atoms with van der Waals surface area (Å²) in [5, 5.41) is 8.91. The molecule has 0 bridgehead atoms. The molecule has 4 nitrogen and oxygen atoms in total. The summed E-state index contributed by atoms with van der Waals surface area (Å²) in [5.41, 5.74) is 1.04. The Balaban J connectivity index is 2.15. The van der Waals surface area contributed by atoms with Crippen LogP contribution in [0.3, 0.4) is 0 Å². The van der Waals surface area contributed by atoms with Crippen LogP contribution in [0.25, 0.3) is 0 Å². The topological polar surface area (TPSA) is 45.5 Å². The van der Waals surface area contributed by atoms with Crippen LogP contribution in [-0.2, 0) is 6.54 Å². The molecule has 0 spiro atoms. The van der Waals surface area contributed by atoms with E-state index in [1.54, 1.807) is 10.6 Å². The van der Waals surface area contributed by atoms with Crippen LogP contribution in [0.2, 0.25) is 0 Å². The Labute approximate surface area is 101 Å². The van der Waals surface area contributed by atoms with Crippen molar-refractivity contribution in [3.63, 3.8) is 0 Å². The molecule has 0 unspecified atom stereocenters. The molecule has 1 fully saturated rings. The standard InChI is InChI=1S/C13H20N2O2/c1-11-4-6-14(7-5-11)12-2-3-13(17)15(10-12)8-9-16/h2-3,10-11,16H,4-9H2,1H3. The number of nitrogens with zero attached hydrogens (tertiary/aromatic N) is 2. The Kier molecular flexibility index (Phi) is 3.84. The van der Waals surface area contributed by atoms with Crippen molar-refractivity contribution in [2.45, 2.75) is 26.3 Å². The molecule has 0 radical (unpaired) electrons. The third kappa shape index (κ3) is 2.88. The largest absolute Gasteiger partial charge is 0.395 e. The van der Waals surface area contributed by atoms with Gasteiger partial charge in [-0.25, -0.2) is 0 Å². The maximum absolute atomic E-state index is 11.5. The van der Waals surface area contributed by atoms with Crippen LogP contribution in [0.5, 0.6) is 0 Å². The number of hydrogen-bond donors (Lipinski definition) is 1. The van der Waals surface area contributed by atoms with Gasteiger partial charge in [-0.15, -0.1) is 0 Å². The van der Waals surface area contributed by atoms with E-state index in [1.165, 1.54) is 12.8 Å². The summed E-state index contributed by atoms with van der Waals surface area (Å²) in [5.74, 6) is 0.801. The molecule has 1 aromatic rings. The Bertz CT molecular complexity index is 420. The molecule has 1 N–H and O–H groups in total. The number of aromatic nitrogens is 1. The van der Waals surface area contributed by atoms with Gasteiger partial charge in [0, 0.05) is 31.9 Å². The van der Waals surface area contributed by atoms with Gasteiger partial charge in [-0.05, 0) is 24.8 Å². The number of aliphatic hydroxyl groups excluding tert-OH is 1. The van der Waals surface area contributed by atoms with Crippen LogP contribution in [0.4, 0.5) is 5.69 Å². The van der Waals surface area contributed by atoms with Gasteiger partial charge in [0.05, 0.1) is 12.3 Å². The lowest BCUT2D eigenvalue weighted by molar-refractivity contribution is 0.274. The molecular formula is C13H20N2O2. The predicted molar refractivity (Wildman–Crippen MR) is 68.4 cm³/mol. The van der Waals surface area contributed by atoms with E-state index in [0.717, 1.165) is 24.7 Å². The lowest BCUT2D eigenvalue weighted by Gasteiger charge is -2.32. The lowest BCUT2D eigenvalue weighted by atomic mass is 9.99. The summed E-state index contributed by atoms with van der Waals surface area (Å²) in [6, 6.07) is 3.47. The minimum Gasteiger partial charge on any atom is -0.395 e. The molecule has 0 aromatic carbocycles. The Morgan fingerprint density at radius 3 is 2.71 bits per heavy atom. The maximum atomic E-state index is 11.5. The van der Waals surface area contributed by atoms with Crippen LogP contribution in [0.1, 0.15) is 19.8 Å². The normalized spacial score (nSPS) is 17.4. The summed E-state index contributed by atoms with van der Waals surface area (Å²) >= 11 is 0. The summed E-state index contributed by atoms with van der Waals surface area (Å²) in [4.78, 5) is 13.8. The van der Waals surface area contributed by atoms with Gasteiger partial charge in [-0.3, -0.25) is 4.79 Å². The number of aliphatic hydroxyl groups is 1. The average Bonchev–Trinajstić information content (AvgIpc) is 2.33. The number of piperidine rings is 1. The molecular weight excluding hydrogens is 216 g/mol. The molecule has 0 aliphatic carbocycles.